The normalized spacial score (nSPS) is 25.2. The monoisotopic (exact) mass is 201 g/mol. The third-order valence-electron chi connectivity index (χ3n) is 2.70. The molecule has 5 heteroatoms. The van der Waals surface area contributed by atoms with Gasteiger partial charge >= 0.3 is 0 Å². The number of amidine groups is 1. The molecular weight excluding hydrogens is 182 g/mol. The number of hydrogen-bond acceptors (Lipinski definition) is 4. The van der Waals surface area contributed by atoms with E-state index in [1.165, 1.54) is 6.42 Å². The average molecular weight is 201 g/mol. The Morgan fingerprint density at radius 2 is 2.29 bits per heavy atom. The van der Waals surface area contributed by atoms with Crippen LogP contribution in [0.15, 0.2) is 5.16 Å². The summed E-state index contributed by atoms with van der Waals surface area (Å²) in [6.45, 7) is 1.68. The zero-order chi connectivity index (χ0) is 10.4. The van der Waals surface area contributed by atoms with Crippen LogP contribution in [0.2, 0.25) is 0 Å². The molecule has 0 amide bonds. The van der Waals surface area contributed by atoms with Crippen molar-refractivity contribution in [3.8, 4) is 0 Å². The van der Waals surface area contributed by atoms with Crippen LogP contribution >= 0.6 is 0 Å². The van der Waals surface area contributed by atoms with Gasteiger partial charge in [-0.2, -0.15) is 0 Å². The molecule has 0 bridgehead atoms. The average Bonchev–Trinajstić information content (AvgIpc) is 2.21. The Morgan fingerprint density at radius 3 is 2.93 bits per heavy atom. The maximum atomic E-state index is 8.89. The minimum atomic E-state index is 0.206. The van der Waals surface area contributed by atoms with Crippen LogP contribution in [0.1, 0.15) is 25.7 Å². The molecule has 1 saturated heterocycles. The predicted octanol–water partition coefficient (Wildman–Crippen LogP) is -0.0303. The third kappa shape index (κ3) is 3.16. The van der Waals surface area contributed by atoms with Crippen LogP contribution in [0.25, 0.3) is 0 Å². The summed E-state index contributed by atoms with van der Waals surface area (Å²) in [4.78, 5) is 2.18. The van der Waals surface area contributed by atoms with Crippen molar-refractivity contribution in [1.82, 2.24) is 4.90 Å². The Kier molecular flexibility index (Phi) is 4.69. The van der Waals surface area contributed by atoms with Gasteiger partial charge < -0.3 is 16.0 Å². The summed E-state index contributed by atoms with van der Waals surface area (Å²) in [7, 11) is 0. The van der Waals surface area contributed by atoms with Crippen LogP contribution in [0.3, 0.4) is 0 Å². The first kappa shape index (κ1) is 11.3. The number of nitrogens with two attached hydrogens (primary N) is 1. The molecule has 1 aliphatic rings. The summed E-state index contributed by atoms with van der Waals surface area (Å²) < 4.78 is 0. The van der Waals surface area contributed by atoms with Crippen LogP contribution in [0.4, 0.5) is 0 Å². The highest BCUT2D eigenvalue weighted by Crippen LogP contribution is 2.18. The highest BCUT2D eigenvalue weighted by atomic mass is 16.4. The predicted molar refractivity (Wildman–Crippen MR) is 54.3 cm³/mol. The number of rotatable bonds is 4. The van der Waals surface area contributed by atoms with Crippen molar-refractivity contribution in [3.63, 3.8) is 0 Å². The van der Waals surface area contributed by atoms with Crippen LogP contribution in [-0.4, -0.2) is 46.8 Å². The zero-order valence-electron chi connectivity index (χ0n) is 8.39. The smallest absolute Gasteiger partial charge is 0.153 e. The van der Waals surface area contributed by atoms with Gasteiger partial charge in [0.05, 0.1) is 6.54 Å². The first-order valence-corrected chi connectivity index (χ1v) is 5.09. The van der Waals surface area contributed by atoms with Crippen LogP contribution in [0, 0.1) is 0 Å². The van der Waals surface area contributed by atoms with Gasteiger partial charge in [0.1, 0.15) is 0 Å². The van der Waals surface area contributed by atoms with Crippen LogP contribution < -0.4 is 5.73 Å². The number of likely N-dealkylation sites (tertiary alicyclic amines) is 1. The molecule has 1 heterocycles. The molecule has 0 aromatic carbocycles. The summed E-state index contributed by atoms with van der Waals surface area (Å²) in [5.41, 5.74) is 5.46. The van der Waals surface area contributed by atoms with Crippen molar-refractivity contribution in [2.24, 2.45) is 10.9 Å². The van der Waals surface area contributed by atoms with Crippen molar-refractivity contribution < 1.29 is 10.3 Å². The van der Waals surface area contributed by atoms with E-state index in [0.717, 1.165) is 25.8 Å². The Hall–Kier alpha value is -0.810. The van der Waals surface area contributed by atoms with E-state index in [4.69, 9.17) is 16.0 Å². The lowest BCUT2D eigenvalue weighted by atomic mass is 10.00. The second-order valence-corrected chi connectivity index (χ2v) is 3.72. The molecule has 5 nitrogen and oxygen atoms in total. The maximum Gasteiger partial charge on any atom is 0.153 e. The molecule has 0 radical (unpaired) electrons. The Balaban J connectivity index is 2.45. The van der Waals surface area contributed by atoms with E-state index >= 15 is 0 Å². The van der Waals surface area contributed by atoms with Gasteiger partial charge in [0.2, 0.25) is 0 Å². The molecular formula is C9H19N3O2. The van der Waals surface area contributed by atoms with Gasteiger partial charge in [-0.15, -0.1) is 0 Å². The van der Waals surface area contributed by atoms with E-state index in [1.54, 1.807) is 0 Å². The highest BCUT2D eigenvalue weighted by molar-refractivity contribution is 5.81. The highest BCUT2D eigenvalue weighted by Gasteiger charge is 2.22. The number of aliphatic hydroxyl groups is 1. The molecule has 0 spiro atoms. The minimum absolute atomic E-state index is 0.206. The summed E-state index contributed by atoms with van der Waals surface area (Å²) in [6, 6.07) is 0.383. The fourth-order valence-electron chi connectivity index (χ4n) is 1.98. The summed E-state index contributed by atoms with van der Waals surface area (Å²) in [5, 5.41) is 20.3. The van der Waals surface area contributed by atoms with Crippen molar-refractivity contribution in [2.45, 2.75) is 31.7 Å². The van der Waals surface area contributed by atoms with E-state index in [2.05, 4.69) is 10.1 Å². The van der Waals surface area contributed by atoms with Crippen molar-refractivity contribution >= 4 is 5.84 Å². The van der Waals surface area contributed by atoms with Crippen LogP contribution in [-0.2, 0) is 0 Å². The minimum Gasteiger partial charge on any atom is -0.409 e. The molecule has 1 rings (SSSR count). The summed E-state index contributed by atoms with van der Waals surface area (Å²) in [6.07, 6.45) is 4.23. The van der Waals surface area contributed by atoms with E-state index in [-0.39, 0.29) is 12.4 Å². The lowest BCUT2D eigenvalue weighted by molar-refractivity contribution is 0.135. The fraction of sp³-hybridized carbons (Fsp3) is 0.889. The Morgan fingerprint density at radius 1 is 1.50 bits per heavy atom. The summed E-state index contributed by atoms with van der Waals surface area (Å²) >= 11 is 0. The topological polar surface area (TPSA) is 82.1 Å². The molecule has 0 saturated carbocycles. The van der Waals surface area contributed by atoms with Crippen molar-refractivity contribution in [1.29, 1.82) is 0 Å². The van der Waals surface area contributed by atoms with Gasteiger partial charge in [0, 0.05) is 12.6 Å². The SMILES string of the molecule is N/C(CN1CCCCC1CCO)=N\O. The molecule has 1 fully saturated rings. The van der Waals surface area contributed by atoms with Gasteiger partial charge in [0.15, 0.2) is 5.84 Å². The van der Waals surface area contributed by atoms with Gasteiger partial charge in [0.25, 0.3) is 0 Å². The molecule has 0 aliphatic carbocycles. The van der Waals surface area contributed by atoms with Gasteiger partial charge in [-0.3, -0.25) is 4.90 Å². The fourth-order valence-corrected chi connectivity index (χ4v) is 1.98. The number of oxime groups is 1. The van der Waals surface area contributed by atoms with E-state index < -0.39 is 0 Å². The number of nitrogens with zero attached hydrogens (tertiary/aromatic N) is 2. The van der Waals surface area contributed by atoms with E-state index in [9.17, 15) is 0 Å². The van der Waals surface area contributed by atoms with Crippen LogP contribution in [0.5, 0.6) is 0 Å². The molecule has 1 atom stereocenters. The molecule has 4 N–H and O–H groups in total. The second-order valence-electron chi connectivity index (χ2n) is 3.72. The van der Waals surface area contributed by atoms with Gasteiger partial charge in [-0.1, -0.05) is 11.6 Å². The van der Waals surface area contributed by atoms with E-state index in [0.29, 0.717) is 12.6 Å². The lowest BCUT2D eigenvalue weighted by Crippen LogP contribution is -2.44. The molecule has 1 unspecified atom stereocenters. The Bertz CT molecular complexity index is 194. The third-order valence-corrected chi connectivity index (χ3v) is 2.70. The lowest BCUT2D eigenvalue weighted by Gasteiger charge is -2.34. The molecule has 1 aliphatic heterocycles. The van der Waals surface area contributed by atoms with Crippen molar-refractivity contribution in [3.05, 3.63) is 0 Å². The quantitative estimate of drug-likeness (QED) is 0.258. The first-order valence-electron chi connectivity index (χ1n) is 5.09. The first-order chi connectivity index (χ1) is 6.77. The number of hydrogen-bond donors (Lipinski definition) is 3. The largest absolute Gasteiger partial charge is 0.409 e. The van der Waals surface area contributed by atoms with Gasteiger partial charge in [-0.25, -0.2) is 0 Å². The molecule has 14 heavy (non-hydrogen) atoms. The molecule has 0 aromatic rings. The van der Waals surface area contributed by atoms with Crippen molar-refractivity contribution in [2.75, 3.05) is 19.7 Å². The van der Waals surface area contributed by atoms with Gasteiger partial charge in [-0.05, 0) is 25.8 Å². The Labute approximate surface area is 84.2 Å². The zero-order valence-corrected chi connectivity index (χ0v) is 8.39. The maximum absolute atomic E-state index is 8.89. The standard InChI is InChI=1S/C9H19N3O2/c10-9(11-14)7-12-5-2-1-3-8(12)4-6-13/h8,13-14H,1-7H2,(H2,10,11). The number of piperidine rings is 1. The number of aliphatic hydroxyl groups excluding tert-OH is 1. The molecule has 0 aromatic heterocycles. The molecule has 82 valence electrons. The second kappa shape index (κ2) is 5.82. The van der Waals surface area contributed by atoms with E-state index in [1.807, 2.05) is 0 Å². The summed E-state index contributed by atoms with van der Waals surface area (Å²) in [5.74, 6) is 0.245.